The van der Waals surface area contributed by atoms with E-state index in [2.05, 4.69) is 0 Å². The van der Waals surface area contributed by atoms with Crippen LogP contribution in [0.1, 0.15) is 32.6 Å². The number of carbonyl (C=O) groups is 1. The van der Waals surface area contributed by atoms with Crippen LogP contribution in [0.5, 0.6) is 0 Å². The van der Waals surface area contributed by atoms with Crippen LogP contribution in [0.4, 0.5) is 4.39 Å². The molecule has 2 rings (SSSR count). The minimum atomic E-state index is -3.64. The van der Waals surface area contributed by atoms with Crippen molar-refractivity contribution in [1.82, 2.24) is 4.72 Å². The van der Waals surface area contributed by atoms with Crippen LogP contribution < -0.4 is 10.5 Å². The summed E-state index contributed by atoms with van der Waals surface area (Å²) in [5.74, 6) is -0.932. The summed E-state index contributed by atoms with van der Waals surface area (Å²) < 4.78 is 36.9. The maximum Gasteiger partial charge on any atom is 0.253 e. The molecule has 3 N–H and O–H groups in total. The molecule has 5 nitrogen and oxygen atoms in total. The highest BCUT2D eigenvalue weighted by Gasteiger charge is 2.59. The first kappa shape index (κ1) is 12.8. The Morgan fingerprint density at radius 1 is 1.53 bits per heavy atom. The summed E-state index contributed by atoms with van der Waals surface area (Å²) in [5.41, 5.74) is 4.56. The standard InChI is InChI=1S/C10H17FN2O3S/c1-9(3-4-9)17(15,16)13-8(14)10(12)6-7(10)2-5-11/h7H,2-6,12H2,1H3,(H,13,14). The van der Waals surface area contributed by atoms with E-state index < -0.39 is 32.9 Å². The largest absolute Gasteiger partial charge is 0.317 e. The highest BCUT2D eigenvalue weighted by molar-refractivity contribution is 7.91. The SMILES string of the molecule is CC1(S(=O)(=O)NC(=O)C2(N)CC2CCF)CC1. The van der Waals surface area contributed by atoms with E-state index in [1.54, 1.807) is 6.92 Å². The van der Waals surface area contributed by atoms with Crippen LogP contribution in [0.2, 0.25) is 0 Å². The molecular formula is C10H17FN2O3S. The summed E-state index contributed by atoms with van der Waals surface area (Å²) >= 11 is 0. The van der Waals surface area contributed by atoms with E-state index in [1.807, 2.05) is 4.72 Å². The average molecular weight is 264 g/mol. The van der Waals surface area contributed by atoms with Crippen LogP contribution in [-0.4, -0.2) is 31.3 Å². The highest BCUT2D eigenvalue weighted by atomic mass is 32.2. The van der Waals surface area contributed by atoms with Crippen molar-refractivity contribution in [3.8, 4) is 0 Å². The van der Waals surface area contributed by atoms with Gasteiger partial charge in [-0.2, -0.15) is 0 Å². The summed E-state index contributed by atoms with van der Waals surface area (Å²) in [6, 6.07) is 0. The molecule has 17 heavy (non-hydrogen) atoms. The predicted molar refractivity (Wildman–Crippen MR) is 60.3 cm³/mol. The first-order valence-corrected chi connectivity index (χ1v) is 7.15. The van der Waals surface area contributed by atoms with Crippen molar-refractivity contribution < 1.29 is 17.6 Å². The van der Waals surface area contributed by atoms with Crippen LogP contribution >= 0.6 is 0 Å². The number of rotatable bonds is 5. The Morgan fingerprint density at radius 3 is 2.59 bits per heavy atom. The average Bonchev–Trinajstić information content (AvgIpc) is 3.08. The fourth-order valence-electron chi connectivity index (χ4n) is 1.90. The summed E-state index contributed by atoms with van der Waals surface area (Å²) in [6.07, 6.45) is 1.68. The maximum absolute atomic E-state index is 12.1. The molecule has 1 amide bonds. The van der Waals surface area contributed by atoms with Crippen LogP contribution in [0.15, 0.2) is 0 Å². The Labute approximate surface area is 100.0 Å². The molecule has 0 heterocycles. The van der Waals surface area contributed by atoms with Gasteiger partial charge in [0.2, 0.25) is 10.0 Å². The Bertz CT molecular complexity index is 446. The third-order valence-corrected chi connectivity index (χ3v) is 6.02. The fourth-order valence-corrected chi connectivity index (χ4v) is 3.22. The molecule has 98 valence electrons. The lowest BCUT2D eigenvalue weighted by atomic mass is 10.2. The van der Waals surface area contributed by atoms with Gasteiger partial charge in [-0.1, -0.05) is 0 Å². The molecule has 0 bridgehead atoms. The number of halogens is 1. The van der Waals surface area contributed by atoms with Crippen molar-refractivity contribution in [1.29, 1.82) is 0 Å². The van der Waals surface area contributed by atoms with Gasteiger partial charge in [0, 0.05) is 0 Å². The predicted octanol–water partition coefficient (Wildman–Crippen LogP) is 0.0619. The zero-order valence-corrected chi connectivity index (χ0v) is 10.5. The van der Waals surface area contributed by atoms with Crippen molar-refractivity contribution in [3.63, 3.8) is 0 Å². The number of hydrogen-bond acceptors (Lipinski definition) is 4. The van der Waals surface area contributed by atoms with Gasteiger partial charge in [-0.05, 0) is 38.5 Å². The number of sulfonamides is 1. The monoisotopic (exact) mass is 264 g/mol. The van der Waals surface area contributed by atoms with Gasteiger partial charge in [-0.15, -0.1) is 0 Å². The van der Waals surface area contributed by atoms with E-state index in [0.29, 0.717) is 19.3 Å². The number of hydrogen-bond donors (Lipinski definition) is 2. The molecule has 0 aromatic carbocycles. The third kappa shape index (κ3) is 2.06. The van der Waals surface area contributed by atoms with Crippen LogP contribution in [0.3, 0.4) is 0 Å². The number of carbonyl (C=O) groups excluding carboxylic acids is 1. The summed E-state index contributed by atoms with van der Waals surface area (Å²) in [4.78, 5) is 11.8. The molecular weight excluding hydrogens is 247 g/mol. The molecule has 2 aliphatic rings. The molecule has 2 unspecified atom stereocenters. The summed E-state index contributed by atoms with van der Waals surface area (Å²) in [5, 5.41) is 0. The van der Waals surface area contributed by atoms with Gasteiger partial charge in [-0.25, -0.2) is 8.42 Å². The minimum Gasteiger partial charge on any atom is -0.317 e. The van der Waals surface area contributed by atoms with Crippen molar-refractivity contribution in [3.05, 3.63) is 0 Å². The van der Waals surface area contributed by atoms with Crippen molar-refractivity contribution in [2.45, 2.75) is 42.9 Å². The van der Waals surface area contributed by atoms with Crippen molar-refractivity contribution >= 4 is 15.9 Å². The van der Waals surface area contributed by atoms with E-state index in [4.69, 9.17) is 5.73 Å². The van der Waals surface area contributed by atoms with Gasteiger partial charge in [0.15, 0.2) is 0 Å². The zero-order valence-electron chi connectivity index (χ0n) is 9.70. The van der Waals surface area contributed by atoms with E-state index in [0.717, 1.165) is 0 Å². The van der Waals surface area contributed by atoms with E-state index in [-0.39, 0.29) is 12.3 Å². The van der Waals surface area contributed by atoms with Gasteiger partial charge in [0.05, 0.1) is 17.0 Å². The Balaban J connectivity index is 1.99. The second-order valence-corrected chi connectivity index (χ2v) is 7.50. The molecule has 0 spiro atoms. The van der Waals surface area contributed by atoms with E-state index in [1.165, 1.54) is 0 Å². The number of amides is 1. The van der Waals surface area contributed by atoms with Crippen LogP contribution in [-0.2, 0) is 14.8 Å². The number of nitrogens with two attached hydrogens (primary N) is 1. The summed E-state index contributed by atoms with van der Waals surface area (Å²) in [6.45, 7) is 1.05. The quantitative estimate of drug-likeness (QED) is 0.735. The Hall–Kier alpha value is -0.690. The first-order valence-electron chi connectivity index (χ1n) is 5.67. The third-order valence-electron chi connectivity index (χ3n) is 3.86. The molecule has 0 aliphatic heterocycles. The summed E-state index contributed by atoms with van der Waals surface area (Å²) in [7, 11) is -3.64. The molecule has 2 fully saturated rings. The van der Waals surface area contributed by atoms with E-state index >= 15 is 0 Å². The highest BCUT2D eigenvalue weighted by Crippen LogP contribution is 2.46. The second-order valence-electron chi connectivity index (χ2n) is 5.30. The molecule has 0 aromatic heterocycles. The molecule has 2 atom stereocenters. The molecule has 2 saturated carbocycles. The van der Waals surface area contributed by atoms with Gasteiger partial charge < -0.3 is 5.73 Å². The second kappa shape index (κ2) is 3.65. The van der Waals surface area contributed by atoms with Gasteiger partial charge >= 0.3 is 0 Å². The van der Waals surface area contributed by atoms with Crippen LogP contribution in [0.25, 0.3) is 0 Å². The molecule has 7 heteroatoms. The topological polar surface area (TPSA) is 89.3 Å². The molecule has 0 aromatic rings. The van der Waals surface area contributed by atoms with Gasteiger partial charge in [0.25, 0.3) is 5.91 Å². The lowest BCUT2D eigenvalue weighted by Gasteiger charge is -2.15. The minimum absolute atomic E-state index is 0.210. The zero-order chi connectivity index (χ0) is 12.9. The van der Waals surface area contributed by atoms with Crippen LogP contribution in [0, 0.1) is 5.92 Å². The van der Waals surface area contributed by atoms with Gasteiger partial charge in [-0.3, -0.25) is 13.9 Å². The first-order chi connectivity index (χ1) is 7.75. The lowest BCUT2D eigenvalue weighted by molar-refractivity contribution is -0.121. The smallest absolute Gasteiger partial charge is 0.253 e. The maximum atomic E-state index is 12.1. The normalized spacial score (nSPS) is 34.2. The Morgan fingerprint density at radius 2 is 2.12 bits per heavy atom. The van der Waals surface area contributed by atoms with Crippen molar-refractivity contribution in [2.75, 3.05) is 6.67 Å². The van der Waals surface area contributed by atoms with Crippen molar-refractivity contribution in [2.24, 2.45) is 11.7 Å². The lowest BCUT2D eigenvalue weighted by Crippen LogP contribution is -2.49. The van der Waals surface area contributed by atoms with Gasteiger partial charge in [0.1, 0.15) is 0 Å². The molecule has 0 radical (unpaired) electrons. The Kier molecular flexibility index (Phi) is 2.74. The molecule has 2 aliphatic carbocycles. The number of alkyl halides is 1. The fraction of sp³-hybridized carbons (Fsp3) is 0.900. The molecule has 0 saturated heterocycles. The number of nitrogens with one attached hydrogen (secondary N) is 1. The van der Waals surface area contributed by atoms with E-state index in [9.17, 15) is 17.6 Å².